The van der Waals surface area contributed by atoms with Gasteiger partial charge in [-0.25, -0.2) is 15.0 Å². The zero-order valence-electron chi connectivity index (χ0n) is 23.7. The standard InChI is InChI=1S/C32H34N6O2S2/c1-40-22-21-38-19-17-37(18-20-38)16-8-14-27-28(36-30(41-27)23-9-3-2-4-10-23)29(39)34-25-12-6-5-11-24(25)31-35-26-13-7-15-33-32(26)42-31/h2-7,9-13,15H,8,14,16-22H2,1H3,(H,34,39). The predicted molar refractivity (Wildman–Crippen MR) is 171 cm³/mol. The van der Waals surface area contributed by atoms with Crippen molar-refractivity contribution < 1.29 is 9.53 Å². The largest absolute Gasteiger partial charge is 0.383 e. The smallest absolute Gasteiger partial charge is 0.275 e. The van der Waals surface area contributed by atoms with Crippen molar-refractivity contribution in [3.05, 3.63) is 83.5 Å². The van der Waals surface area contributed by atoms with Gasteiger partial charge in [0.2, 0.25) is 0 Å². The highest BCUT2D eigenvalue weighted by Crippen LogP contribution is 2.35. The first kappa shape index (κ1) is 28.6. The van der Waals surface area contributed by atoms with E-state index >= 15 is 0 Å². The van der Waals surface area contributed by atoms with E-state index in [4.69, 9.17) is 14.7 Å². The molecule has 0 atom stereocenters. The summed E-state index contributed by atoms with van der Waals surface area (Å²) >= 11 is 3.14. The van der Waals surface area contributed by atoms with E-state index in [-0.39, 0.29) is 5.91 Å². The highest BCUT2D eigenvalue weighted by Gasteiger charge is 2.22. The van der Waals surface area contributed by atoms with Crippen LogP contribution >= 0.6 is 22.7 Å². The molecule has 1 N–H and O–H groups in total. The third-order valence-corrected chi connectivity index (χ3v) is 9.64. The fraction of sp³-hybridized carbons (Fsp3) is 0.312. The van der Waals surface area contributed by atoms with Gasteiger partial charge in [0.1, 0.15) is 26.1 Å². The Labute approximate surface area is 254 Å². The number of carbonyl (C=O) groups excluding carboxylic acids is 1. The molecule has 0 bridgehead atoms. The van der Waals surface area contributed by atoms with Crippen LogP contribution in [0.15, 0.2) is 72.9 Å². The maximum atomic E-state index is 13.8. The lowest BCUT2D eigenvalue weighted by Crippen LogP contribution is -2.47. The first-order valence-corrected chi connectivity index (χ1v) is 15.9. The number of fused-ring (bicyclic) bond motifs is 1. The van der Waals surface area contributed by atoms with Crippen LogP contribution in [0.2, 0.25) is 0 Å². The predicted octanol–water partition coefficient (Wildman–Crippen LogP) is 5.93. The summed E-state index contributed by atoms with van der Waals surface area (Å²) in [6, 6.07) is 21.7. The van der Waals surface area contributed by atoms with Crippen molar-refractivity contribution in [2.24, 2.45) is 0 Å². The second-order valence-electron chi connectivity index (χ2n) is 10.3. The second kappa shape index (κ2) is 13.6. The van der Waals surface area contributed by atoms with Gasteiger partial charge in [0, 0.05) is 62.0 Å². The summed E-state index contributed by atoms with van der Waals surface area (Å²) in [5.41, 5.74) is 3.97. The normalized spacial score (nSPS) is 14.4. The van der Waals surface area contributed by atoms with Crippen LogP contribution in [0.5, 0.6) is 0 Å². The van der Waals surface area contributed by atoms with E-state index in [0.29, 0.717) is 11.4 Å². The van der Waals surface area contributed by atoms with E-state index in [1.165, 1.54) is 11.3 Å². The van der Waals surface area contributed by atoms with Crippen LogP contribution in [0.25, 0.3) is 31.5 Å². The summed E-state index contributed by atoms with van der Waals surface area (Å²) in [5.74, 6) is -0.193. The molecule has 6 rings (SSSR count). The number of carbonyl (C=O) groups is 1. The molecule has 8 nitrogen and oxygen atoms in total. The number of thiazole rings is 2. The maximum absolute atomic E-state index is 13.8. The molecule has 0 unspecified atom stereocenters. The number of piperazine rings is 1. The summed E-state index contributed by atoms with van der Waals surface area (Å²) in [5, 5.41) is 4.85. The zero-order valence-corrected chi connectivity index (χ0v) is 25.3. The molecule has 3 aromatic heterocycles. The van der Waals surface area contributed by atoms with Crippen molar-refractivity contribution in [2.45, 2.75) is 12.8 Å². The lowest BCUT2D eigenvalue weighted by atomic mass is 10.1. The molecule has 0 aliphatic carbocycles. The number of pyridine rings is 1. The Morgan fingerprint density at radius 2 is 1.64 bits per heavy atom. The number of nitrogens with one attached hydrogen (secondary N) is 1. The fourth-order valence-electron chi connectivity index (χ4n) is 5.17. The van der Waals surface area contributed by atoms with Crippen molar-refractivity contribution in [3.8, 4) is 21.1 Å². The van der Waals surface area contributed by atoms with Gasteiger partial charge >= 0.3 is 0 Å². The summed E-state index contributed by atoms with van der Waals surface area (Å²) in [4.78, 5) is 34.7. The highest BCUT2D eigenvalue weighted by atomic mass is 32.1. The summed E-state index contributed by atoms with van der Waals surface area (Å²) < 4.78 is 5.23. The highest BCUT2D eigenvalue weighted by molar-refractivity contribution is 7.21. The number of hydrogen-bond acceptors (Lipinski definition) is 9. The average Bonchev–Trinajstić information content (AvgIpc) is 3.66. The number of nitrogens with zero attached hydrogens (tertiary/aromatic N) is 5. The van der Waals surface area contributed by atoms with Gasteiger partial charge in [-0.05, 0) is 43.7 Å². The van der Waals surface area contributed by atoms with E-state index in [9.17, 15) is 4.79 Å². The van der Waals surface area contributed by atoms with Gasteiger partial charge in [-0.2, -0.15) is 0 Å². The Bertz CT molecular complexity index is 1600. The Kier molecular flexibility index (Phi) is 9.27. The van der Waals surface area contributed by atoms with Crippen molar-refractivity contribution in [1.29, 1.82) is 0 Å². The van der Waals surface area contributed by atoms with Crippen molar-refractivity contribution in [2.75, 3.05) is 58.3 Å². The lowest BCUT2D eigenvalue weighted by molar-refractivity contribution is 0.0964. The van der Waals surface area contributed by atoms with Gasteiger partial charge in [0.15, 0.2) is 0 Å². The molecule has 5 aromatic rings. The van der Waals surface area contributed by atoms with Gasteiger partial charge in [0.25, 0.3) is 5.91 Å². The monoisotopic (exact) mass is 598 g/mol. The van der Waals surface area contributed by atoms with E-state index in [1.54, 1.807) is 24.6 Å². The number of aromatic nitrogens is 3. The fourth-order valence-corrected chi connectivity index (χ4v) is 7.22. The first-order valence-electron chi connectivity index (χ1n) is 14.3. The number of hydrogen-bond donors (Lipinski definition) is 1. The summed E-state index contributed by atoms with van der Waals surface area (Å²) in [6.07, 6.45) is 3.56. The number of aryl methyl sites for hydroxylation is 1. The summed E-state index contributed by atoms with van der Waals surface area (Å²) in [7, 11) is 1.76. The van der Waals surface area contributed by atoms with Crippen LogP contribution in [0, 0.1) is 0 Å². The molecule has 42 heavy (non-hydrogen) atoms. The first-order chi connectivity index (χ1) is 20.7. The quantitative estimate of drug-likeness (QED) is 0.202. The van der Waals surface area contributed by atoms with Crippen LogP contribution in [0.3, 0.4) is 0 Å². The van der Waals surface area contributed by atoms with Crippen molar-refractivity contribution in [1.82, 2.24) is 24.8 Å². The third-order valence-electron chi connectivity index (χ3n) is 7.46. The average molecular weight is 599 g/mol. The molecule has 4 heterocycles. The molecule has 0 radical (unpaired) electrons. The second-order valence-corrected chi connectivity index (χ2v) is 12.3. The van der Waals surface area contributed by atoms with Gasteiger partial charge in [-0.3, -0.25) is 9.69 Å². The molecule has 216 valence electrons. The number of amides is 1. The Balaban J connectivity index is 1.18. The molecular formula is C32H34N6O2S2. The van der Waals surface area contributed by atoms with Gasteiger partial charge in [0.05, 0.1) is 12.3 Å². The van der Waals surface area contributed by atoms with Gasteiger partial charge in [-0.15, -0.1) is 11.3 Å². The van der Waals surface area contributed by atoms with Crippen LogP contribution in [-0.4, -0.2) is 83.6 Å². The molecule has 0 spiro atoms. The Morgan fingerprint density at radius 3 is 2.43 bits per heavy atom. The molecule has 2 aromatic carbocycles. The number of methoxy groups -OCH3 is 1. The molecule has 1 aliphatic heterocycles. The van der Waals surface area contributed by atoms with E-state index in [2.05, 4.69) is 20.1 Å². The SMILES string of the molecule is COCCN1CCN(CCCc2sc(-c3ccccc3)nc2C(=O)Nc2ccccc2-c2nc3cccnc3s2)CC1. The molecule has 1 saturated heterocycles. The van der Waals surface area contributed by atoms with Gasteiger partial charge < -0.3 is 15.0 Å². The van der Waals surface area contributed by atoms with Crippen molar-refractivity contribution in [3.63, 3.8) is 0 Å². The van der Waals surface area contributed by atoms with E-state index in [1.807, 2.05) is 66.7 Å². The van der Waals surface area contributed by atoms with Crippen molar-refractivity contribution >= 4 is 44.6 Å². The minimum atomic E-state index is -0.193. The minimum Gasteiger partial charge on any atom is -0.383 e. The number of rotatable bonds is 11. The zero-order chi connectivity index (χ0) is 28.7. The molecular weight excluding hydrogens is 565 g/mol. The molecule has 0 saturated carbocycles. The summed E-state index contributed by atoms with van der Waals surface area (Å²) in [6.45, 7) is 7.04. The van der Waals surface area contributed by atoms with Crippen LogP contribution in [-0.2, 0) is 11.2 Å². The molecule has 1 amide bonds. The third kappa shape index (κ3) is 6.74. The topological polar surface area (TPSA) is 83.5 Å². The number of para-hydroxylation sites is 1. The number of benzene rings is 2. The maximum Gasteiger partial charge on any atom is 0.275 e. The Hall–Kier alpha value is -3.54. The Morgan fingerprint density at radius 1 is 0.881 bits per heavy atom. The molecule has 10 heteroatoms. The molecule has 1 fully saturated rings. The molecule has 1 aliphatic rings. The van der Waals surface area contributed by atoms with Crippen LogP contribution < -0.4 is 5.32 Å². The lowest BCUT2D eigenvalue weighted by Gasteiger charge is -2.34. The minimum absolute atomic E-state index is 0.193. The van der Waals surface area contributed by atoms with Crippen LogP contribution in [0.1, 0.15) is 21.8 Å². The van der Waals surface area contributed by atoms with Crippen LogP contribution in [0.4, 0.5) is 5.69 Å². The number of anilines is 1. The van der Waals surface area contributed by atoms with E-state index < -0.39 is 0 Å². The number of ether oxygens (including phenoxy) is 1. The van der Waals surface area contributed by atoms with E-state index in [0.717, 1.165) is 95.1 Å². The van der Waals surface area contributed by atoms with Gasteiger partial charge in [-0.1, -0.05) is 53.8 Å².